The van der Waals surface area contributed by atoms with Gasteiger partial charge in [0, 0.05) is 12.2 Å². The molecule has 0 unspecified atom stereocenters. The van der Waals surface area contributed by atoms with E-state index in [1.54, 1.807) is 18.7 Å². The Labute approximate surface area is 72.9 Å². The van der Waals surface area contributed by atoms with Crippen LogP contribution >= 0.6 is 11.8 Å². The van der Waals surface area contributed by atoms with Gasteiger partial charge >= 0.3 is 0 Å². The maximum atomic E-state index is 10.8. The van der Waals surface area contributed by atoms with Crippen molar-refractivity contribution in [2.75, 3.05) is 0 Å². The molecule has 2 heteroatoms. The highest BCUT2D eigenvalue weighted by molar-refractivity contribution is 8.14. The first-order valence-corrected chi connectivity index (χ1v) is 5.34. The molecule has 11 heavy (non-hydrogen) atoms. The molecule has 1 aliphatic rings. The molecule has 1 aliphatic carbocycles. The third kappa shape index (κ3) is 3.80. The van der Waals surface area contributed by atoms with Gasteiger partial charge in [-0.1, -0.05) is 37.4 Å². The monoisotopic (exact) mass is 172 g/mol. The maximum Gasteiger partial charge on any atom is 0.186 e. The third-order valence-corrected chi connectivity index (χ3v) is 3.27. The molecule has 0 heterocycles. The summed E-state index contributed by atoms with van der Waals surface area (Å²) in [6.45, 7) is 1.68. The highest BCUT2D eigenvalue weighted by Gasteiger charge is 2.13. The standard InChI is InChI=1S/C9H16OS/c1-8(10)11-9-6-4-2-3-5-7-9/h9H,2-7H2,1H3. The number of hydrogen-bond acceptors (Lipinski definition) is 2. The van der Waals surface area contributed by atoms with Crippen LogP contribution in [0.1, 0.15) is 45.4 Å². The van der Waals surface area contributed by atoms with Crippen molar-refractivity contribution in [3.63, 3.8) is 0 Å². The molecule has 0 bridgehead atoms. The molecule has 64 valence electrons. The van der Waals surface area contributed by atoms with Crippen molar-refractivity contribution in [1.82, 2.24) is 0 Å². The first kappa shape index (κ1) is 9.11. The summed E-state index contributed by atoms with van der Waals surface area (Å²) in [6.07, 6.45) is 7.90. The summed E-state index contributed by atoms with van der Waals surface area (Å²) in [5.74, 6) is 0. The number of rotatable bonds is 1. The molecule has 0 radical (unpaired) electrons. The van der Waals surface area contributed by atoms with Gasteiger partial charge in [0.1, 0.15) is 0 Å². The zero-order valence-corrected chi connectivity index (χ0v) is 7.95. The van der Waals surface area contributed by atoms with E-state index in [-0.39, 0.29) is 5.12 Å². The number of hydrogen-bond donors (Lipinski definition) is 0. The Morgan fingerprint density at radius 2 is 1.73 bits per heavy atom. The minimum absolute atomic E-state index is 0.289. The lowest BCUT2D eigenvalue weighted by Gasteiger charge is -2.09. The van der Waals surface area contributed by atoms with Crippen LogP contribution in [0, 0.1) is 0 Å². The molecule has 0 aliphatic heterocycles. The molecule has 0 aromatic heterocycles. The van der Waals surface area contributed by atoms with Gasteiger partial charge in [-0.25, -0.2) is 0 Å². The molecule has 1 saturated carbocycles. The minimum atomic E-state index is 0.289. The molecule has 1 fully saturated rings. The van der Waals surface area contributed by atoms with Crippen molar-refractivity contribution in [1.29, 1.82) is 0 Å². The average molecular weight is 172 g/mol. The highest BCUT2D eigenvalue weighted by atomic mass is 32.2. The number of carbonyl (C=O) groups is 1. The molecule has 1 nitrogen and oxygen atoms in total. The molecule has 0 aromatic carbocycles. The van der Waals surface area contributed by atoms with Gasteiger partial charge in [0.15, 0.2) is 5.12 Å². The van der Waals surface area contributed by atoms with Crippen LogP contribution in [0.5, 0.6) is 0 Å². The normalized spacial score (nSPS) is 21.2. The van der Waals surface area contributed by atoms with E-state index < -0.39 is 0 Å². The van der Waals surface area contributed by atoms with Crippen molar-refractivity contribution in [3.05, 3.63) is 0 Å². The van der Waals surface area contributed by atoms with Crippen LogP contribution in [0.2, 0.25) is 0 Å². The smallest absolute Gasteiger partial charge is 0.186 e. The van der Waals surface area contributed by atoms with E-state index >= 15 is 0 Å². The summed E-state index contributed by atoms with van der Waals surface area (Å²) in [6, 6.07) is 0. The fourth-order valence-electron chi connectivity index (χ4n) is 1.59. The van der Waals surface area contributed by atoms with E-state index in [0.29, 0.717) is 5.25 Å². The van der Waals surface area contributed by atoms with Gasteiger partial charge in [-0.3, -0.25) is 4.79 Å². The lowest BCUT2D eigenvalue weighted by atomic mass is 10.2. The second-order valence-corrected chi connectivity index (χ2v) is 4.70. The minimum Gasteiger partial charge on any atom is -0.288 e. The van der Waals surface area contributed by atoms with E-state index in [9.17, 15) is 4.79 Å². The largest absolute Gasteiger partial charge is 0.288 e. The summed E-state index contributed by atoms with van der Waals surface area (Å²) < 4.78 is 0. The van der Waals surface area contributed by atoms with Crippen molar-refractivity contribution in [3.8, 4) is 0 Å². The fraction of sp³-hybridized carbons (Fsp3) is 0.889. The Kier molecular flexibility index (Phi) is 3.98. The predicted molar refractivity (Wildman–Crippen MR) is 49.8 cm³/mol. The molecule has 0 amide bonds. The quantitative estimate of drug-likeness (QED) is 0.566. The van der Waals surface area contributed by atoms with Gasteiger partial charge in [-0.05, 0) is 12.8 Å². The fourth-order valence-corrected chi connectivity index (χ4v) is 2.63. The van der Waals surface area contributed by atoms with E-state index in [1.165, 1.54) is 38.5 Å². The third-order valence-electron chi connectivity index (χ3n) is 2.13. The molecule has 0 aromatic rings. The van der Waals surface area contributed by atoms with Crippen molar-refractivity contribution in [2.45, 2.75) is 50.7 Å². The lowest BCUT2D eigenvalue weighted by Crippen LogP contribution is -2.02. The van der Waals surface area contributed by atoms with Gasteiger partial charge in [-0.2, -0.15) is 0 Å². The van der Waals surface area contributed by atoms with E-state index in [4.69, 9.17) is 0 Å². The molecule has 0 spiro atoms. The highest BCUT2D eigenvalue weighted by Crippen LogP contribution is 2.27. The molecule has 1 rings (SSSR count). The zero-order chi connectivity index (χ0) is 8.10. The number of carbonyl (C=O) groups excluding carboxylic acids is 1. The van der Waals surface area contributed by atoms with E-state index in [0.717, 1.165) is 0 Å². The van der Waals surface area contributed by atoms with Gasteiger partial charge in [0.25, 0.3) is 0 Å². The van der Waals surface area contributed by atoms with Crippen LogP contribution in [0.3, 0.4) is 0 Å². The summed E-state index contributed by atoms with van der Waals surface area (Å²) in [5.41, 5.74) is 0. The topological polar surface area (TPSA) is 17.1 Å². The van der Waals surface area contributed by atoms with Gasteiger partial charge in [0.05, 0.1) is 0 Å². The van der Waals surface area contributed by atoms with Crippen LogP contribution < -0.4 is 0 Å². The first-order valence-electron chi connectivity index (χ1n) is 4.46. The Balaban J connectivity index is 2.25. The van der Waals surface area contributed by atoms with Crippen molar-refractivity contribution >= 4 is 16.9 Å². The van der Waals surface area contributed by atoms with Crippen LogP contribution in [0.15, 0.2) is 0 Å². The molecular weight excluding hydrogens is 156 g/mol. The second-order valence-electron chi connectivity index (χ2n) is 3.22. The number of thioether (sulfide) groups is 1. The maximum absolute atomic E-state index is 10.8. The van der Waals surface area contributed by atoms with Crippen LogP contribution in [-0.4, -0.2) is 10.4 Å². The summed E-state index contributed by atoms with van der Waals surface area (Å²) in [4.78, 5) is 10.8. The second kappa shape index (κ2) is 4.81. The van der Waals surface area contributed by atoms with Crippen LogP contribution in [0.4, 0.5) is 0 Å². The zero-order valence-electron chi connectivity index (χ0n) is 7.14. The Morgan fingerprint density at radius 3 is 2.18 bits per heavy atom. The van der Waals surface area contributed by atoms with Crippen molar-refractivity contribution in [2.24, 2.45) is 0 Å². The predicted octanol–water partition coefficient (Wildman–Crippen LogP) is 2.99. The summed E-state index contributed by atoms with van der Waals surface area (Å²) in [7, 11) is 0. The molecular formula is C9H16OS. The Morgan fingerprint density at radius 1 is 1.18 bits per heavy atom. The van der Waals surface area contributed by atoms with Crippen LogP contribution in [0.25, 0.3) is 0 Å². The Bertz CT molecular complexity index is 126. The average Bonchev–Trinajstić information content (AvgIpc) is 2.14. The van der Waals surface area contributed by atoms with Crippen LogP contribution in [-0.2, 0) is 4.79 Å². The van der Waals surface area contributed by atoms with Gasteiger partial charge in [-0.15, -0.1) is 0 Å². The summed E-state index contributed by atoms with van der Waals surface area (Å²) in [5, 5.41) is 0.923. The van der Waals surface area contributed by atoms with E-state index in [2.05, 4.69) is 0 Å². The van der Waals surface area contributed by atoms with Gasteiger partial charge < -0.3 is 0 Å². The molecule has 0 atom stereocenters. The molecule has 0 saturated heterocycles. The van der Waals surface area contributed by atoms with E-state index in [1.807, 2.05) is 0 Å². The SMILES string of the molecule is CC(=O)SC1CCCCCC1. The summed E-state index contributed by atoms with van der Waals surface area (Å²) >= 11 is 1.55. The van der Waals surface area contributed by atoms with Crippen molar-refractivity contribution < 1.29 is 4.79 Å². The van der Waals surface area contributed by atoms with Gasteiger partial charge in [0.2, 0.25) is 0 Å². The Hall–Kier alpha value is 0.0200. The first-order chi connectivity index (χ1) is 5.29. The lowest BCUT2D eigenvalue weighted by molar-refractivity contribution is -0.109. The molecule has 0 N–H and O–H groups in total.